The number of amides is 2. The zero-order valence-corrected chi connectivity index (χ0v) is 33.7. The second-order valence-electron chi connectivity index (χ2n) is 15.8. The lowest BCUT2D eigenvalue weighted by Gasteiger charge is -2.47. The summed E-state index contributed by atoms with van der Waals surface area (Å²) in [6.07, 6.45) is 1.43. The zero-order valence-electron chi connectivity index (χ0n) is 32.9. The van der Waals surface area contributed by atoms with Crippen molar-refractivity contribution < 1.29 is 32.6 Å². The Morgan fingerprint density at radius 2 is 1.86 bits per heavy atom. The number of carbonyl (C=O) groups is 2. The first-order chi connectivity index (χ1) is 27.6. The summed E-state index contributed by atoms with van der Waals surface area (Å²) in [6, 6.07) is 6.36. The summed E-state index contributed by atoms with van der Waals surface area (Å²) in [4.78, 5) is 55.6. The van der Waals surface area contributed by atoms with Crippen molar-refractivity contribution in [3.63, 3.8) is 0 Å². The minimum absolute atomic E-state index is 0.00560. The van der Waals surface area contributed by atoms with E-state index in [1.165, 1.54) is 58.4 Å². The predicted octanol–water partition coefficient (Wildman–Crippen LogP) is 6.00. The van der Waals surface area contributed by atoms with E-state index >= 15 is 0 Å². The van der Waals surface area contributed by atoms with Crippen LogP contribution in [-0.2, 0) is 35.0 Å². The Kier molecular flexibility index (Phi) is 11.5. The molecule has 3 aromatic heterocycles. The number of carbonyl (C=O) groups excluding carboxylic acids is 2. The molecule has 58 heavy (non-hydrogen) atoms. The summed E-state index contributed by atoms with van der Waals surface area (Å²) in [5.41, 5.74) is 1.96. The molecule has 1 aromatic carbocycles. The van der Waals surface area contributed by atoms with E-state index in [1.54, 1.807) is 11.0 Å². The number of piperazine rings is 1. The Hall–Kier alpha value is -5.10. The fraction of sp³-hybridized carbons (Fsp3) is 0.439. The van der Waals surface area contributed by atoms with Crippen LogP contribution in [0.5, 0.6) is 0 Å². The molecule has 0 radical (unpaired) electrons. The second-order valence-corrected chi connectivity index (χ2v) is 16.8. The maximum absolute atomic E-state index is 14.7. The number of alkyl halides is 3. The number of aliphatic hydroxyl groups excluding tert-OH is 1. The maximum Gasteiger partial charge on any atom is 0.409 e. The molecule has 3 aliphatic heterocycles. The summed E-state index contributed by atoms with van der Waals surface area (Å²) in [6.45, 7) is 10.9. The quantitative estimate of drug-likeness (QED) is 0.172. The van der Waals surface area contributed by atoms with Gasteiger partial charge in [0.1, 0.15) is 11.9 Å². The molecule has 1 atom stereocenters. The molecule has 13 nitrogen and oxygen atoms in total. The van der Waals surface area contributed by atoms with Gasteiger partial charge in [-0.25, -0.2) is 9.97 Å². The highest BCUT2D eigenvalue weighted by Gasteiger charge is 2.48. The van der Waals surface area contributed by atoms with Crippen molar-refractivity contribution in [2.75, 3.05) is 59.8 Å². The number of nitrogens with zero attached hydrogens (tertiary/aromatic N) is 6. The van der Waals surface area contributed by atoms with Crippen molar-refractivity contribution in [2.45, 2.75) is 70.3 Å². The Bertz CT molecular complexity index is 2280. The van der Waals surface area contributed by atoms with Crippen LogP contribution in [0.25, 0.3) is 11.3 Å². The largest absolute Gasteiger partial charge is 0.409 e. The Morgan fingerprint density at radius 1 is 1.10 bits per heavy atom. The first kappa shape index (κ1) is 41.1. The van der Waals surface area contributed by atoms with Gasteiger partial charge in [-0.1, -0.05) is 27.4 Å². The van der Waals surface area contributed by atoms with Crippen molar-refractivity contribution in [2.24, 2.45) is 7.05 Å². The third-order valence-corrected chi connectivity index (χ3v) is 12.5. The Labute approximate surface area is 338 Å². The molecule has 308 valence electrons. The smallest absolute Gasteiger partial charge is 0.392 e. The summed E-state index contributed by atoms with van der Waals surface area (Å²) >= 11 is 1.46. The number of benzene rings is 1. The van der Waals surface area contributed by atoms with Crippen LogP contribution in [0.1, 0.15) is 59.3 Å². The summed E-state index contributed by atoms with van der Waals surface area (Å²) in [5, 5.41) is 16.4. The fourth-order valence-electron chi connectivity index (χ4n) is 7.79. The SMILES string of the molecule is C=CC(=O)Nc1cc(Nc2nc(-c3ccnc(N4CCc5cc(C(C)(C)C)sc5C4=O)c3CO)cn(C)c2=O)ccc1N1CCN(C2CCOCC2)CC1C(F)(F)F. The summed E-state index contributed by atoms with van der Waals surface area (Å²) in [7, 11) is 1.54. The van der Waals surface area contributed by atoms with Crippen LogP contribution in [0.3, 0.4) is 0 Å². The van der Waals surface area contributed by atoms with E-state index in [0.717, 1.165) is 16.5 Å². The molecule has 0 spiro atoms. The molecule has 2 fully saturated rings. The molecule has 6 heterocycles. The van der Waals surface area contributed by atoms with Gasteiger partial charge < -0.3 is 29.9 Å². The van der Waals surface area contributed by atoms with Crippen LogP contribution in [0.15, 0.2) is 60.2 Å². The van der Waals surface area contributed by atoms with Gasteiger partial charge in [-0.15, -0.1) is 11.3 Å². The number of rotatable bonds is 9. The van der Waals surface area contributed by atoms with Crippen molar-refractivity contribution >= 4 is 51.8 Å². The number of aliphatic hydroxyl groups is 1. The number of aryl methyl sites for hydroxylation is 1. The van der Waals surface area contributed by atoms with Gasteiger partial charge in [0.2, 0.25) is 5.91 Å². The molecule has 3 N–H and O–H groups in total. The number of thiophene rings is 1. The van der Waals surface area contributed by atoms with Crippen LogP contribution in [0.4, 0.5) is 41.9 Å². The lowest BCUT2D eigenvalue weighted by molar-refractivity contribution is -0.159. The topological polar surface area (TPSA) is 145 Å². The molecule has 0 saturated carbocycles. The number of hydrogen-bond acceptors (Lipinski definition) is 11. The van der Waals surface area contributed by atoms with Gasteiger partial charge in [-0.3, -0.25) is 24.2 Å². The highest BCUT2D eigenvalue weighted by molar-refractivity contribution is 7.14. The zero-order chi connectivity index (χ0) is 41.5. The second kappa shape index (κ2) is 16.3. The fourth-order valence-corrected chi connectivity index (χ4v) is 9.01. The number of aromatic nitrogens is 3. The van der Waals surface area contributed by atoms with Crippen molar-refractivity contribution in [1.82, 2.24) is 19.4 Å². The van der Waals surface area contributed by atoms with Crippen molar-refractivity contribution in [3.8, 4) is 11.3 Å². The van der Waals surface area contributed by atoms with Crippen molar-refractivity contribution in [1.29, 1.82) is 0 Å². The van der Waals surface area contributed by atoms with E-state index in [0.29, 0.717) is 67.3 Å². The average Bonchev–Trinajstić information content (AvgIpc) is 3.66. The number of anilines is 5. The first-order valence-electron chi connectivity index (χ1n) is 19.2. The number of pyridine rings is 1. The molecule has 1 unspecified atom stereocenters. The number of ether oxygens (including phenoxy) is 1. The maximum atomic E-state index is 14.7. The highest BCUT2D eigenvalue weighted by atomic mass is 32.1. The predicted molar refractivity (Wildman–Crippen MR) is 218 cm³/mol. The molecule has 2 amide bonds. The average molecular weight is 821 g/mol. The molecular formula is C41H47F3N8O5S. The van der Waals surface area contributed by atoms with Crippen LogP contribution in [0, 0.1) is 0 Å². The standard InChI is InChI=1S/C41H47F3N8O5S/c1-6-34(54)47-29-20-25(7-8-31(29)51-16-15-50(22-32(51)41(42,43)44)26-11-17-57-18-12-26)46-36-39(56)49(5)21-30(48-36)27-9-13-45-37(28(27)23-53)52-14-10-24-19-33(40(2,3)4)58-35(24)38(52)55/h6-9,13,19-21,26,32,53H,1,10-12,14-18,22-23H2,2-5H3,(H,46,48)(H,47,54). The first-order valence-corrected chi connectivity index (χ1v) is 20.0. The van der Waals surface area contributed by atoms with Crippen molar-refractivity contribution in [3.05, 3.63) is 86.6 Å². The van der Waals surface area contributed by atoms with Crippen LogP contribution in [0.2, 0.25) is 0 Å². The van der Waals surface area contributed by atoms with Gasteiger partial charge in [0, 0.05) is 86.6 Å². The minimum Gasteiger partial charge on any atom is -0.392 e. The number of nitrogens with one attached hydrogen (secondary N) is 2. The third-order valence-electron chi connectivity index (χ3n) is 10.9. The van der Waals surface area contributed by atoms with Gasteiger partial charge in [0.15, 0.2) is 5.82 Å². The molecule has 2 saturated heterocycles. The lowest BCUT2D eigenvalue weighted by Crippen LogP contribution is -2.61. The van der Waals surface area contributed by atoms with Gasteiger partial charge >= 0.3 is 6.18 Å². The number of hydrogen-bond donors (Lipinski definition) is 3. The van der Waals surface area contributed by atoms with Gasteiger partial charge in [-0.2, -0.15) is 13.2 Å². The van der Waals surface area contributed by atoms with E-state index in [2.05, 4.69) is 54.0 Å². The number of halogens is 3. The molecule has 17 heteroatoms. The Balaban J connectivity index is 1.20. The van der Waals surface area contributed by atoms with Crippen LogP contribution >= 0.6 is 11.3 Å². The van der Waals surface area contributed by atoms with Crippen LogP contribution in [-0.4, -0.2) is 94.0 Å². The normalized spacial score (nSPS) is 18.3. The summed E-state index contributed by atoms with van der Waals surface area (Å²) < 4.78 is 50.9. The molecule has 3 aliphatic rings. The minimum atomic E-state index is -4.57. The van der Waals surface area contributed by atoms with E-state index in [-0.39, 0.29) is 59.2 Å². The van der Waals surface area contributed by atoms with E-state index in [1.807, 2.05) is 4.90 Å². The van der Waals surface area contributed by atoms with Gasteiger partial charge in [-0.05, 0) is 66.6 Å². The molecule has 7 rings (SSSR count). The van der Waals surface area contributed by atoms with E-state index < -0.39 is 30.3 Å². The van der Waals surface area contributed by atoms with E-state index in [9.17, 15) is 32.7 Å². The van der Waals surface area contributed by atoms with E-state index in [4.69, 9.17) is 4.74 Å². The van der Waals surface area contributed by atoms with Crippen LogP contribution < -0.4 is 26.0 Å². The monoisotopic (exact) mass is 820 g/mol. The summed E-state index contributed by atoms with van der Waals surface area (Å²) in [5.74, 6) is -0.667. The molecule has 0 aliphatic carbocycles. The lowest BCUT2D eigenvalue weighted by atomic mass is 9.93. The van der Waals surface area contributed by atoms with Gasteiger partial charge in [0.05, 0.1) is 28.6 Å². The Morgan fingerprint density at radius 3 is 2.55 bits per heavy atom. The third kappa shape index (κ3) is 8.26. The molecule has 0 bridgehead atoms. The molecular weight excluding hydrogens is 774 g/mol. The van der Waals surface area contributed by atoms with Gasteiger partial charge in [0.25, 0.3) is 11.5 Å². The molecule has 4 aromatic rings. The highest BCUT2D eigenvalue weighted by Crippen LogP contribution is 2.40. The number of fused-ring (bicyclic) bond motifs is 1.